The van der Waals surface area contributed by atoms with Gasteiger partial charge in [-0.25, -0.2) is 4.39 Å². The first kappa shape index (κ1) is 18.4. The Morgan fingerprint density at radius 3 is 3.14 bits per heavy atom. The molecule has 1 fully saturated rings. The fraction of sp³-hybridized carbons (Fsp3) is 0.333. The number of nitrogens with zero attached hydrogens (tertiary/aromatic N) is 4. The number of halogens is 1. The first-order valence-corrected chi connectivity index (χ1v) is 9.58. The largest absolute Gasteiger partial charge is 0.469 e. The number of carbonyl (C=O) groups is 1. The molecule has 0 bridgehead atoms. The van der Waals surface area contributed by atoms with Gasteiger partial charge < -0.3 is 19.9 Å². The number of likely N-dealkylation sites (tertiary alicyclic amines) is 1. The number of piperidine rings is 1. The second kappa shape index (κ2) is 7.55. The van der Waals surface area contributed by atoms with Gasteiger partial charge in [0.15, 0.2) is 0 Å². The maximum Gasteiger partial charge on any atom is 0.246 e. The van der Waals surface area contributed by atoms with E-state index in [9.17, 15) is 9.18 Å². The molecule has 0 aromatic carbocycles. The lowest BCUT2D eigenvalue weighted by atomic mass is 10.1. The molecular weight excluding hydrogens is 383 g/mol. The Bertz CT molecular complexity index is 1020. The van der Waals surface area contributed by atoms with Crippen molar-refractivity contribution in [2.75, 3.05) is 18.4 Å². The van der Waals surface area contributed by atoms with Gasteiger partial charge in [-0.2, -0.15) is 14.3 Å². The van der Waals surface area contributed by atoms with E-state index in [2.05, 4.69) is 31.2 Å². The summed E-state index contributed by atoms with van der Waals surface area (Å²) in [6.07, 6.45) is 1.14. The lowest BCUT2D eigenvalue weighted by molar-refractivity contribution is -0.130. The highest BCUT2D eigenvalue weighted by Gasteiger charge is 2.33. The lowest BCUT2D eigenvalue weighted by Gasteiger charge is -2.34. The van der Waals surface area contributed by atoms with Crippen LogP contribution < -0.4 is 10.1 Å². The molecule has 10 heteroatoms. The molecule has 4 heterocycles. The van der Waals surface area contributed by atoms with E-state index >= 15 is 0 Å². The van der Waals surface area contributed by atoms with Gasteiger partial charge in [-0.1, -0.05) is 6.58 Å². The zero-order valence-electron chi connectivity index (χ0n) is 15.2. The normalized spacial score (nSPS) is 19.6. The molecule has 0 spiro atoms. The Balaban J connectivity index is 1.60. The van der Waals surface area contributed by atoms with Gasteiger partial charge in [0.25, 0.3) is 0 Å². The number of nitrogens with one attached hydrogen (secondary N) is 2. The quantitative estimate of drug-likeness (QED) is 0.637. The summed E-state index contributed by atoms with van der Waals surface area (Å²) in [7, 11) is 0. The van der Waals surface area contributed by atoms with E-state index < -0.39 is 12.3 Å². The van der Waals surface area contributed by atoms with Crippen molar-refractivity contribution in [1.29, 1.82) is 0 Å². The summed E-state index contributed by atoms with van der Waals surface area (Å²) in [6, 6.07) is 3.65. The van der Waals surface area contributed by atoms with Crippen LogP contribution >= 0.6 is 11.5 Å². The summed E-state index contributed by atoms with van der Waals surface area (Å²) in [5.74, 6) is 0.340. The van der Waals surface area contributed by atoms with Crippen LogP contribution in [-0.4, -0.2) is 55.5 Å². The van der Waals surface area contributed by atoms with Crippen LogP contribution in [0.4, 0.5) is 15.3 Å². The Morgan fingerprint density at radius 2 is 2.39 bits per heavy atom. The average molecular weight is 402 g/mol. The lowest BCUT2D eigenvalue weighted by Crippen LogP contribution is -2.49. The van der Waals surface area contributed by atoms with Crippen molar-refractivity contribution in [3.8, 4) is 5.88 Å². The van der Waals surface area contributed by atoms with Crippen LogP contribution in [-0.2, 0) is 4.79 Å². The van der Waals surface area contributed by atoms with E-state index in [1.165, 1.54) is 22.5 Å². The van der Waals surface area contributed by atoms with E-state index in [-0.39, 0.29) is 24.8 Å². The summed E-state index contributed by atoms with van der Waals surface area (Å²) >= 11 is 1.29. The van der Waals surface area contributed by atoms with Gasteiger partial charge in [0, 0.05) is 12.7 Å². The summed E-state index contributed by atoms with van der Waals surface area (Å²) in [5, 5.41) is 4.53. The topological polar surface area (TPSA) is 96.0 Å². The molecule has 3 aromatic rings. The third-order valence-corrected chi connectivity index (χ3v) is 5.27. The molecule has 1 aliphatic rings. The molecule has 4 rings (SSSR count). The third-order valence-electron chi connectivity index (χ3n) is 4.47. The summed E-state index contributed by atoms with van der Waals surface area (Å²) in [4.78, 5) is 25.3. The number of hydrogen-bond acceptors (Lipinski definition) is 7. The van der Waals surface area contributed by atoms with Gasteiger partial charge in [-0.15, -0.1) is 0 Å². The van der Waals surface area contributed by atoms with Gasteiger partial charge >= 0.3 is 0 Å². The molecule has 2 N–H and O–H groups in total. The molecule has 1 amide bonds. The minimum absolute atomic E-state index is 0.138. The van der Waals surface area contributed by atoms with Crippen molar-refractivity contribution in [1.82, 2.24) is 24.2 Å². The fourth-order valence-corrected chi connectivity index (χ4v) is 3.72. The third kappa shape index (κ3) is 3.68. The Hall–Kier alpha value is -3.01. The van der Waals surface area contributed by atoms with Crippen LogP contribution in [0.1, 0.15) is 12.1 Å². The number of aromatic nitrogens is 4. The van der Waals surface area contributed by atoms with E-state index in [1.54, 1.807) is 12.3 Å². The fourth-order valence-electron chi connectivity index (χ4n) is 3.06. The molecule has 2 unspecified atom stereocenters. The molecule has 0 radical (unpaired) electrons. The molecule has 146 valence electrons. The van der Waals surface area contributed by atoms with Crippen LogP contribution in [0.3, 0.4) is 0 Å². The Labute approximate surface area is 164 Å². The summed E-state index contributed by atoms with van der Waals surface area (Å²) < 4.78 is 24.6. The molecule has 8 nitrogen and oxygen atoms in total. The highest BCUT2D eigenvalue weighted by molar-refractivity contribution is 7.10. The SMILES string of the molecule is C=CC(=O)N1CCC(F)C(Oc2nc(Nc3cc(C)ns3)nc3[nH]ccc23)C1. The maximum atomic E-state index is 14.5. The van der Waals surface area contributed by atoms with E-state index in [1.807, 2.05) is 13.0 Å². The van der Waals surface area contributed by atoms with E-state index in [4.69, 9.17) is 4.74 Å². The van der Waals surface area contributed by atoms with Gasteiger partial charge in [0.1, 0.15) is 22.9 Å². The van der Waals surface area contributed by atoms with Crippen LogP contribution in [0.5, 0.6) is 5.88 Å². The predicted molar refractivity (Wildman–Crippen MR) is 105 cm³/mol. The molecular formula is C18H19FN6O2S. The molecule has 28 heavy (non-hydrogen) atoms. The number of ether oxygens (including phenoxy) is 1. The number of amides is 1. The van der Waals surface area contributed by atoms with Crippen molar-refractivity contribution in [2.24, 2.45) is 0 Å². The highest BCUT2D eigenvalue weighted by atomic mass is 32.1. The number of aryl methyl sites for hydroxylation is 1. The van der Waals surface area contributed by atoms with Crippen LogP contribution in [0.15, 0.2) is 31.0 Å². The number of fused-ring (bicyclic) bond motifs is 1. The molecule has 0 saturated carbocycles. The van der Waals surface area contributed by atoms with Gasteiger partial charge in [0.05, 0.1) is 17.6 Å². The minimum atomic E-state index is -1.20. The number of hydrogen-bond donors (Lipinski definition) is 2. The summed E-state index contributed by atoms with van der Waals surface area (Å²) in [6.45, 7) is 5.86. The molecule has 2 atom stereocenters. The Kier molecular flexibility index (Phi) is 4.95. The minimum Gasteiger partial charge on any atom is -0.469 e. The first-order chi connectivity index (χ1) is 13.5. The van der Waals surface area contributed by atoms with E-state index in [0.717, 1.165) is 10.7 Å². The van der Waals surface area contributed by atoms with Crippen molar-refractivity contribution in [2.45, 2.75) is 25.6 Å². The standard InChI is InChI=1S/C18H19FN6O2S/c1-3-15(26)25-7-5-12(19)13(9-25)27-17-11-4-6-20-16(11)22-18(23-17)21-14-8-10(2)24-28-14/h3-4,6,8,12-13H,1,5,7,9H2,2H3,(H2,20,21,22,23). The smallest absolute Gasteiger partial charge is 0.246 e. The second-order valence-electron chi connectivity index (χ2n) is 6.50. The van der Waals surface area contributed by atoms with Gasteiger partial charge in [-0.3, -0.25) is 4.79 Å². The summed E-state index contributed by atoms with van der Waals surface area (Å²) in [5.41, 5.74) is 1.46. The van der Waals surface area contributed by atoms with E-state index in [0.29, 0.717) is 23.5 Å². The zero-order chi connectivity index (χ0) is 19.7. The van der Waals surface area contributed by atoms with Crippen molar-refractivity contribution in [3.63, 3.8) is 0 Å². The Morgan fingerprint density at radius 1 is 1.54 bits per heavy atom. The monoisotopic (exact) mass is 402 g/mol. The number of H-pyrrole nitrogens is 1. The van der Waals surface area contributed by atoms with Crippen LogP contribution in [0.2, 0.25) is 0 Å². The number of aromatic amines is 1. The molecule has 1 aliphatic heterocycles. The maximum absolute atomic E-state index is 14.5. The van der Waals surface area contributed by atoms with Crippen molar-refractivity contribution >= 4 is 39.4 Å². The predicted octanol–water partition coefficient (Wildman–Crippen LogP) is 2.97. The van der Waals surface area contributed by atoms with Gasteiger partial charge in [0.2, 0.25) is 17.7 Å². The number of anilines is 2. The van der Waals surface area contributed by atoms with Crippen LogP contribution in [0.25, 0.3) is 11.0 Å². The second-order valence-corrected chi connectivity index (χ2v) is 7.30. The van der Waals surface area contributed by atoms with Gasteiger partial charge in [-0.05, 0) is 43.1 Å². The number of rotatable bonds is 5. The number of alkyl halides is 1. The molecule has 1 saturated heterocycles. The zero-order valence-corrected chi connectivity index (χ0v) is 16.0. The van der Waals surface area contributed by atoms with Crippen molar-refractivity contribution in [3.05, 3.63) is 36.7 Å². The number of carbonyl (C=O) groups excluding carboxylic acids is 1. The molecule has 0 aliphatic carbocycles. The van der Waals surface area contributed by atoms with Crippen LogP contribution in [0, 0.1) is 6.92 Å². The van der Waals surface area contributed by atoms with Crippen molar-refractivity contribution < 1.29 is 13.9 Å². The average Bonchev–Trinajstić information content (AvgIpc) is 3.31. The highest BCUT2D eigenvalue weighted by Crippen LogP contribution is 2.29. The first-order valence-electron chi connectivity index (χ1n) is 8.81. The molecule has 3 aromatic heterocycles.